The van der Waals surface area contributed by atoms with Crippen LogP contribution in [0, 0.1) is 11.6 Å². The van der Waals surface area contributed by atoms with E-state index in [4.69, 9.17) is 4.42 Å². The summed E-state index contributed by atoms with van der Waals surface area (Å²) in [7, 11) is 2.13. The lowest BCUT2D eigenvalue weighted by molar-refractivity contribution is 0.0527. The number of rotatable bonds is 3. The van der Waals surface area contributed by atoms with Gasteiger partial charge in [0.05, 0.1) is 19.8 Å². The molecule has 0 unspecified atom stereocenters. The molecule has 0 saturated heterocycles. The Bertz CT molecular complexity index is 677. The molecule has 21 heavy (non-hydrogen) atoms. The van der Waals surface area contributed by atoms with Crippen molar-refractivity contribution in [1.29, 1.82) is 0 Å². The van der Waals surface area contributed by atoms with Crippen LogP contribution in [0.25, 0.3) is 11.5 Å². The summed E-state index contributed by atoms with van der Waals surface area (Å²) in [6.07, 6.45) is 0. The number of methoxy groups -OCH3 is 2. The van der Waals surface area contributed by atoms with Gasteiger partial charge >= 0.3 is 11.9 Å². The van der Waals surface area contributed by atoms with Crippen LogP contribution < -0.4 is 0 Å². The molecule has 2 rings (SSSR count). The first-order chi connectivity index (χ1) is 9.99. The van der Waals surface area contributed by atoms with Gasteiger partial charge in [-0.1, -0.05) is 6.07 Å². The highest BCUT2D eigenvalue weighted by Crippen LogP contribution is 2.26. The molecule has 0 bridgehead atoms. The Hall–Kier alpha value is -2.77. The van der Waals surface area contributed by atoms with Gasteiger partial charge in [-0.25, -0.2) is 23.4 Å². The molecule has 0 aliphatic carbocycles. The van der Waals surface area contributed by atoms with Crippen LogP contribution in [0.4, 0.5) is 8.78 Å². The standard InChI is InChI=1S/C13H9F2NO5/c1-19-12(17)9-10(13(18)20-2)21-11(16-9)6-4-3-5-7(14)8(6)15/h3-5H,1-2H3. The summed E-state index contributed by atoms with van der Waals surface area (Å²) >= 11 is 0. The van der Waals surface area contributed by atoms with Crippen LogP contribution in [-0.4, -0.2) is 31.1 Å². The number of carbonyl (C=O) groups is 2. The van der Waals surface area contributed by atoms with Crippen LogP contribution in [0.3, 0.4) is 0 Å². The largest absolute Gasteiger partial charge is 0.464 e. The average Bonchev–Trinajstić information content (AvgIpc) is 2.93. The Morgan fingerprint density at radius 1 is 1.14 bits per heavy atom. The van der Waals surface area contributed by atoms with Gasteiger partial charge in [0.1, 0.15) is 0 Å². The van der Waals surface area contributed by atoms with Crippen molar-refractivity contribution in [3.63, 3.8) is 0 Å². The van der Waals surface area contributed by atoms with Crippen molar-refractivity contribution in [3.8, 4) is 11.5 Å². The van der Waals surface area contributed by atoms with Gasteiger partial charge in [-0.2, -0.15) is 0 Å². The molecule has 2 aromatic rings. The summed E-state index contributed by atoms with van der Waals surface area (Å²) in [6.45, 7) is 0. The Labute approximate surface area is 117 Å². The molecular weight excluding hydrogens is 288 g/mol. The zero-order valence-electron chi connectivity index (χ0n) is 11.0. The molecule has 8 heteroatoms. The first-order valence-electron chi connectivity index (χ1n) is 5.61. The van der Waals surface area contributed by atoms with E-state index in [1.54, 1.807) is 0 Å². The van der Waals surface area contributed by atoms with E-state index in [-0.39, 0.29) is 5.56 Å². The van der Waals surface area contributed by atoms with Crippen LogP contribution in [0.2, 0.25) is 0 Å². The monoisotopic (exact) mass is 297 g/mol. The number of hydrogen-bond acceptors (Lipinski definition) is 6. The van der Waals surface area contributed by atoms with Gasteiger partial charge in [0.15, 0.2) is 11.6 Å². The number of benzene rings is 1. The highest BCUT2D eigenvalue weighted by Gasteiger charge is 2.28. The fraction of sp³-hybridized carbons (Fsp3) is 0.154. The second kappa shape index (κ2) is 5.70. The topological polar surface area (TPSA) is 78.6 Å². The van der Waals surface area contributed by atoms with Crippen LogP contribution in [0.5, 0.6) is 0 Å². The van der Waals surface area contributed by atoms with Crippen molar-refractivity contribution < 1.29 is 32.3 Å². The number of nitrogens with zero attached hydrogens (tertiary/aromatic N) is 1. The summed E-state index contributed by atoms with van der Waals surface area (Å²) in [5.74, 6) is -5.29. The summed E-state index contributed by atoms with van der Waals surface area (Å²) < 4.78 is 40.8. The van der Waals surface area contributed by atoms with E-state index in [1.807, 2.05) is 0 Å². The van der Waals surface area contributed by atoms with Gasteiger partial charge in [-0.15, -0.1) is 0 Å². The molecule has 0 N–H and O–H groups in total. The minimum atomic E-state index is -1.22. The van der Waals surface area contributed by atoms with Gasteiger partial charge < -0.3 is 13.9 Å². The molecular formula is C13H9F2NO5. The van der Waals surface area contributed by atoms with Gasteiger partial charge in [-0.3, -0.25) is 0 Å². The number of aromatic nitrogens is 1. The molecule has 0 saturated carbocycles. The third-order valence-corrected chi connectivity index (χ3v) is 2.56. The number of esters is 2. The number of oxazole rings is 1. The molecule has 0 spiro atoms. The summed E-state index contributed by atoms with van der Waals surface area (Å²) in [5.41, 5.74) is -0.821. The van der Waals surface area contributed by atoms with Crippen LogP contribution in [0.15, 0.2) is 22.6 Å². The average molecular weight is 297 g/mol. The van der Waals surface area contributed by atoms with Crippen molar-refractivity contribution in [2.24, 2.45) is 0 Å². The fourth-order valence-electron chi connectivity index (χ4n) is 1.57. The second-order valence-corrected chi connectivity index (χ2v) is 3.78. The minimum absolute atomic E-state index is 0.338. The molecule has 1 aromatic heterocycles. The van der Waals surface area contributed by atoms with E-state index in [9.17, 15) is 18.4 Å². The Morgan fingerprint density at radius 2 is 1.81 bits per heavy atom. The Balaban J connectivity index is 2.61. The molecule has 1 aromatic carbocycles. The number of halogens is 2. The van der Waals surface area contributed by atoms with Gasteiger partial charge in [-0.05, 0) is 12.1 Å². The Morgan fingerprint density at radius 3 is 2.43 bits per heavy atom. The minimum Gasteiger partial charge on any atom is -0.464 e. The number of hydrogen-bond donors (Lipinski definition) is 0. The summed E-state index contributed by atoms with van der Waals surface area (Å²) in [6, 6.07) is 3.32. The summed E-state index contributed by atoms with van der Waals surface area (Å²) in [4.78, 5) is 26.7. The highest BCUT2D eigenvalue weighted by atomic mass is 19.2. The van der Waals surface area contributed by atoms with Crippen LogP contribution >= 0.6 is 0 Å². The van der Waals surface area contributed by atoms with Crippen molar-refractivity contribution >= 4 is 11.9 Å². The van der Waals surface area contributed by atoms with Crippen molar-refractivity contribution in [2.45, 2.75) is 0 Å². The van der Waals surface area contributed by atoms with Gasteiger partial charge in [0.25, 0.3) is 0 Å². The van der Waals surface area contributed by atoms with Crippen molar-refractivity contribution in [3.05, 3.63) is 41.3 Å². The smallest absolute Gasteiger partial charge is 0.376 e. The Kier molecular flexibility index (Phi) is 3.97. The first-order valence-corrected chi connectivity index (χ1v) is 5.61. The van der Waals surface area contributed by atoms with Crippen LogP contribution in [-0.2, 0) is 9.47 Å². The molecule has 0 aliphatic heterocycles. The molecule has 6 nitrogen and oxygen atoms in total. The quantitative estimate of drug-likeness (QED) is 0.808. The predicted octanol–water partition coefficient (Wildman–Crippen LogP) is 2.19. The maximum absolute atomic E-state index is 13.7. The second-order valence-electron chi connectivity index (χ2n) is 3.78. The normalized spacial score (nSPS) is 10.3. The molecule has 0 amide bonds. The molecule has 0 radical (unpaired) electrons. The van der Waals surface area contributed by atoms with Gasteiger partial charge in [0.2, 0.25) is 17.3 Å². The third kappa shape index (κ3) is 2.60. The van der Waals surface area contributed by atoms with E-state index in [1.165, 1.54) is 12.1 Å². The third-order valence-electron chi connectivity index (χ3n) is 2.56. The van der Waals surface area contributed by atoms with E-state index < -0.39 is 40.9 Å². The van der Waals surface area contributed by atoms with Crippen LogP contribution in [0.1, 0.15) is 21.0 Å². The first kappa shape index (κ1) is 14.6. The maximum Gasteiger partial charge on any atom is 0.376 e. The zero-order chi connectivity index (χ0) is 15.6. The molecule has 0 fully saturated rings. The maximum atomic E-state index is 13.7. The fourth-order valence-corrected chi connectivity index (χ4v) is 1.57. The highest BCUT2D eigenvalue weighted by molar-refractivity contribution is 6.00. The summed E-state index contributed by atoms with van der Waals surface area (Å²) in [5, 5.41) is 0. The number of ether oxygens (including phenoxy) is 2. The predicted molar refractivity (Wildman–Crippen MR) is 64.5 cm³/mol. The number of carbonyl (C=O) groups excluding carboxylic acids is 2. The molecule has 1 heterocycles. The SMILES string of the molecule is COC(=O)c1nc(-c2cccc(F)c2F)oc1C(=O)OC. The molecule has 0 atom stereocenters. The lowest BCUT2D eigenvalue weighted by Crippen LogP contribution is -2.10. The van der Waals surface area contributed by atoms with E-state index >= 15 is 0 Å². The molecule has 110 valence electrons. The van der Waals surface area contributed by atoms with Crippen molar-refractivity contribution in [1.82, 2.24) is 4.98 Å². The lowest BCUT2D eigenvalue weighted by Gasteiger charge is -1.98. The zero-order valence-corrected chi connectivity index (χ0v) is 11.0. The molecule has 0 aliphatic rings. The van der Waals surface area contributed by atoms with Crippen molar-refractivity contribution in [2.75, 3.05) is 14.2 Å². The van der Waals surface area contributed by atoms with E-state index in [0.717, 1.165) is 20.3 Å². The van der Waals surface area contributed by atoms with E-state index in [0.29, 0.717) is 0 Å². The van der Waals surface area contributed by atoms with Gasteiger partial charge in [0, 0.05) is 0 Å². The lowest BCUT2D eigenvalue weighted by atomic mass is 10.2. The van der Waals surface area contributed by atoms with E-state index in [2.05, 4.69) is 14.5 Å².